The van der Waals surface area contributed by atoms with E-state index in [0.29, 0.717) is 32.8 Å². The van der Waals surface area contributed by atoms with Gasteiger partial charge in [-0.15, -0.1) is 0 Å². The minimum Gasteiger partial charge on any atom is -0.444 e. The van der Waals surface area contributed by atoms with E-state index >= 15 is 0 Å². The lowest BCUT2D eigenvalue weighted by atomic mass is 9.92. The Balaban J connectivity index is 1.90. The average molecular weight is 300 g/mol. The summed E-state index contributed by atoms with van der Waals surface area (Å²) in [7, 11) is 0. The third-order valence-electron chi connectivity index (χ3n) is 3.83. The molecule has 2 rings (SSSR count). The van der Waals surface area contributed by atoms with Gasteiger partial charge in [-0.1, -0.05) is 0 Å². The molecule has 122 valence electrons. The summed E-state index contributed by atoms with van der Waals surface area (Å²) in [5.74, 6) is 0. The normalized spacial score (nSPS) is 28.5. The molecule has 0 aromatic rings. The molecule has 1 unspecified atom stereocenters. The molecule has 0 saturated carbocycles. The van der Waals surface area contributed by atoms with E-state index in [1.54, 1.807) is 4.90 Å². The van der Waals surface area contributed by atoms with Crippen LogP contribution in [0.2, 0.25) is 0 Å². The van der Waals surface area contributed by atoms with Gasteiger partial charge in [0.1, 0.15) is 5.60 Å². The fourth-order valence-electron chi connectivity index (χ4n) is 2.90. The van der Waals surface area contributed by atoms with Gasteiger partial charge in [0.15, 0.2) is 0 Å². The standard InChI is InChI=1S/C15H28N2O4/c1-14(2,3)21-13(18)17-6-4-5-15(19,12-17)11-16-7-9-20-10-8-16/h19H,4-12H2,1-3H3. The predicted molar refractivity (Wildman–Crippen MR) is 79.2 cm³/mol. The van der Waals surface area contributed by atoms with E-state index in [2.05, 4.69) is 4.90 Å². The van der Waals surface area contributed by atoms with Crippen LogP contribution in [0.4, 0.5) is 4.79 Å². The number of rotatable bonds is 2. The number of ether oxygens (including phenoxy) is 2. The lowest BCUT2D eigenvalue weighted by Crippen LogP contribution is -2.57. The maximum absolute atomic E-state index is 12.2. The minimum atomic E-state index is -0.841. The topological polar surface area (TPSA) is 62.2 Å². The Morgan fingerprint density at radius 3 is 2.57 bits per heavy atom. The molecule has 0 radical (unpaired) electrons. The predicted octanol–water partition coefficient (Wildman–Crippen LogP) is 1.08. The van der Waals surface area contributed by atoms with Crippen molar-refractivity contribution >= 4 is 6.09 Å². The summed E-state index contributed by atoms with van der Waals surface area (Å²) in [6, 6.07) is 0. The molecular formula is C15H28N2O4. The van der Waals surface area contributed by atoms with Crippen molar-refractivity contribution in [2.24, 2.45) is 0 Å². The van der Waals surface area contributed by atoms with E-state index in [1.165, 1.54) is 0 Å². The van der Waals surface area contributed by atoms with Crippen LogP contribution in [0.3, 0.4) is 0 Å². The molecule has 2 aliphatic heterocycles. The lowest BCUT2D eigenvalue weighted by Gasteiger charge is -2.42. The molecule has 2 heterocycles. The Bertz CT molecular complexity index is 363. The van der Waals surface area contributed by atoms with Crippen LogP contribution in [-0.2, 0) is 9.47 Å². The van der Waals surface area contributed by atoms with Crippen molar-refractivity contribution in [3.05, 3.63) is 0 Å². The highest BCUT2D eigenvalue weighted by molar-refractivity contribution is 5.68. The molecule has 6 nitrogen and oxygen atoms in total. The lowest BCUT2D eigenvalue weighted by molar-refractivity contribution is -0.0727. The Morgan fingerprint density at radius 1 is 1.29 bits per heavy atom. The summed E-state index contributed by atoms with van der Waals surface area (Å²) in [6.45, 7) is 10.3. The van der Waals surface area contributed by atoms with Crippen LogP contribution >= 0.6 is 0 Å². The average Bonchev–Trinajstić information content (AvgIpc) is 2.37. The molecule has 0 aromatic heterocycles. The number of amides is 1. The van der Waals surface area contributed by atoms with E-state index in [4.69, 9.17) is 9.47 Å². The van der Waals surface area contributed by atoms with Crippen LogP contribution in [0, 0.1) is 0 Å². The van der Waals surface area contributed by atoms with E-state index < -0.39 is 11.2 Å². The first-order valence-electron chi connectivity index (χ1n) is 7.78. The number of likely N-dealkylation sites (tertiary alicyclic amines) is 1. The summed E-state index contributed by atoms with van der Waals surface area (Å²) < 4.78 is 10.7. The zero-order valence-electron chi connectivity index (χ0n) is 13.4. The second kappa shape index (κ2) is 6.50. The first-order valence-corrected chi connectivity index (χ1v) is 7.78. The number of aliphatic hydroxyl groups is 1. The van der Waals surface area contributed by atoms with Crippen LogP contribution in [-0.4, -0.2) is 78.1 Å². The molecule has 0 aromatic carbocycles. The summed E-state index contributed by atoms with van der Waals surface area (Å²) in [4.78, 5) is 16.0. The van der Waals surface area contributed by atoms with Crippen molar-refractivity contribution in [3.63, 3.8) is 0 Å². The highest BCUT2D eigenvalue weighted by atomic mass is 16.6. The Kier molecular flexibility index (Phi) is 5.11. The molecule has 1 amide bonds. The summed E-state index contributed by atoms with van der Waals surface area (Å²) >= 11 is 0. The van der Waals surface area contributed by atoms with Gasteiger partial charge in [-0.25, -0.2) is 4.79 Å². The molecule has 2 aliphatic rings. The van der Waals surface area contributed by atoms with Crippen molar-refractivity contribution in [3.8, 4) is 0 Å². The quantitative estimate of drug-likeness (QED) is 0.827. The van der Waals surface area contributed by atoms with Crippen LogP contribution in [0.15, 0.2) is 0 Å². The fourth-order valence-corrected chi connectivity index (χ4v) is 2.90. The van der Waals surface area contributed by atoms with Gasteiger partial charge in [0.25, 0.3) is 0 Å². The fraction of sp³-hybridized carbons (Fsp3) is 0.933. The van der Waals surface area contributed by atoms with Crippen LogP contribution in [0.25, 0.3) is 0 Å². The van der Waals surface area contributed by atoms with Gasteiger partial charge in [-0.3, -0.25) is 4.90 Å². The van der Waals surface area contributed by atoms with Crippen LogP contribution < -0.4 is 0 Å². The van der Waals surface area contributed by atoms with Crippen LogP contribution in [0.5, 0.6) is 0 Å². The van der Waals surface area contributed by atoms with E-state index in [1.807, 2.05) is 20.8 Å². The smallest absolute Gasteiger partial charge is 0.410 e. The van der Waals surface area contributed by atoms with Crippen LogP contribution in [0.1, 0.15) is 33.6 Å². The number of carbonyl (C=O) groups excluding carboxylic acids is 1. The second-order valence-electron chi connectivity index (χ2n) is 7.12. The van der Waals surface area contributed by atoms with Gasteiger partial charge in [-0.2, -0.15) is 0 Å². The molecule has 2 saturated heterocycles. The molecule has 0 spiro atoms. The molecule has 6 heteroatoms. The zero-order valence-corrected chi connectivity index (χ0v) is 13.4. The minimum absolute atomic E-state index is 0.331. The SMILES string of the molecule is CC(C)(C)OC(=O)N1CCCC(O)(CN2CCOCC2)C1. The maximum Gasteiger partial charge on any atom is 0.410 e. The van der Waals surface area contributed by atoms with Gasteiger partial charge < -0.3 is 19.5 Å². The van der Waals surface area contributed by atoms with E-state index in [0.717, 1.165) is 25.9 Å². The van der Waals surface area contributed by atoms with Crippen molar-refractivity contribution < 1.29 is 19.4 Å². The number of hydrogen-bond donors (Lipinski definition) is 1. The van der Waals surface area contributed by atoms with E-state index in [-0.39, 0.29) is 6.09 Å². The molecule has 0 aliphatic carbocycles. The Hall–Kier alpha value is -0.850. The molecule has 1 atom stereocenters. The first kappa shape index (κ1) is 16.5. The van der Waals surface area contributed by atoms with Crippen molar-refractivity contribution in [1.82, 2.24) is 9.80 Å². The number of carbonyl (C=O) groups is 1. The Morgan fingerprint density at radius 2 is 1.95 bits per heavy atom. The summed E-state index contributed by atoms with van der Waals surface area (Å²) in [5, 5.41) is 10.8. The molecular weight excluding hydrogens is 272 g/mol. The third-order valence-corrected chi connectivity index (χ3v) is 3.83. The van der Waals surface area contributed by atoms with Crippen molar-refractivity contribution in [2.75, 3.05) is 45.9 Å². The number of morpholine rings is 1. The van der Waals surface area contributed by atoms with Gasteiger partial charge in [0.05, 0.1) is 25.4 Å². The van der Waals surface area contributed by atoms with Gasteiger partial charge in [0, 0.05) is 26.2 Å². The molecule has 1 N–H and O–H groups in total. The zero-order chi connectivity index (χ0) is 15.5. The Labute approximate surface area is 127 Å². The van der Waals surface area contributed by atoms with Gasteiger partial charge in [0.2, 0.25) is 0 Å². The first-order chi connectivity index (χ1) is 9.77. The van der Waals surface area contributed by atoms with Gasteiger partial charge >= 0.3 is 6.09 Å². The molecule has 21 heavy (non-hydrogen) atoms. The van der Waals surface area contributed by atoms with Crippen molar-refractivity contribution in [1.29, 1.82) is 0 Å². The molecule has 0 bridgehead atoms. The van der Waals surface area contributed by atoms with Crippen molar-refractivity contribution in [2.45, 2.75) is 44.8 Å². The molecule has 2 fully saturated rings. The number of β-amino-alcohol motifs (C(OH)–C–C–N with tert-alkyl or cyclic N) is 1. The third kappa shape index (κ3) is 5.13. The largest absolute Gasteiger partial charge is 0.444 e. The highest BCUT2D eigenvalue weighted by Crippen LogP contribution is 2.24. The maximum atomic E-state index is 12.2. The highest BCUT2D eigenvalue weighted by Gasteiger charge is 2.38. The van der Waals surface area contributed by atoms with Gasteiger partial charge in [-0.05, 0) is 33.6 Å². The second-order valence-corrected chi connectivity index (χ2v) is 7.12. The summed E-state index contributed by atoms with van der Waals surface area (Å²) in [6.07, 6.45) is 1.20. The van der Waals surface area contributed by atoms with E-state index in [9.17, 15) is 9.90 Å². The number of hydrogen-bond acceptors (Lipinski definition) is 5. The summed E-state index contributed by atoms with van der Waals surface area (Å²) in [5.41, 5.74) is -1.34. The number of nitrogens with zero attached hydrogens (tertiary/aromatic N) is 2. The number of piperidine rings is 1. The monoisotopic (exact) mass is 300 g/mol.